The molecule has 4 aromatic rings. The Hall–Kier alpha value is -4.71. The zero-order chi connectivity index (χ0) is 25.1. The molecule has 5 rings (SSSR count). The van der Waals surface area contributed by atoms with Crippen molar-refractivity contribution < 1.29 is 9.59 Å². The maximum atomic E-state index is 14.0. The van der Waals surface area contributed by atoms with Gasteiger partial charge in [-0.3, -0.25) is 19.9 Å². The lowest BCUT2D eigenvalue weighted by Gasteiger charge is -2.28. The summed E-state index contributed by atoms with van der Waals surface area (Å²) < 4.78 is 0. The molecule has 1 aliphatic rings. The molecule has 0 radical (unpaired) electrons. The predicted molar refractivity (Wildman–Crippen MR) is 141 cm³/mol. The number of nitrogens with zero attached hydrogens (tertiary/aromatic N) is 1. The van der Waals surface area contributed by atoms with E-state index in [4.69, 9.17) is 5.41 Å². The molecule has 0 unspecified atom stereocenters. The van der Waals surface area contributed by atoms with Crippen molar-refractivity contribution in [1.82, 2.24) is 10.2 Å². The predicted octanol–water partition coefficient (Wildman–Crippen LogP) is 5.12. The standard InChI is InChI=1S/C30H26N4O2/c1-21(35)32-27-17-9-12-24(19-27)23-11-8-10-22(18-23)20-34-28(36)30(33-29(34)31,25-13-4-2-5-14-25)26-15-6-3-7-16-26/h2-19H,20H2,1H3,(H2,31,33)(H,32,35). The third-order valence-electron chi connectivity index (χ3n) is 6.34. The van der Waals surface area contributed by atoms with E-state index in [0.29, 0.717) is 0 Å². The third kappa shape index (κ3) is 4.25. The molecule has 0 bridgehead atoms. The fourth-order valence-corrected chi connectivity index (χ4v) is 4.70. The number of benzene rings is 4. The Kier molecular flexibility index (Phi) is 6.09. The fourth-order valence-electron chi connectivity index (χ4n) is 4.70. The maximum Gasteiger partial charge on any atom is 0.264 e. The second-order valence-corrected chi connectivity index (χ2v) is 8.81. The number of nitrogens with one attached hydrogen (secondary N) is 3. The van der Waals surface area contributed by atoms with Crippen LogP contribution in [0.3, 0.4) is 0 Å². The number of carbonyl (C=O) groups excluding carboxylic acids is 2. The highest BCUT2D eigenvalue weighted by molar-refractivity contribution is 6.10. The van der Waals surface area contributed by atoms with Crippen LogP contribution in [0, 0.1) is 5.41 Å². The van der Waals surface area contributed by atoms with Gasteiger partial charge in [0.2, 0.25) is 5.91 Å². The molecule has 1 fully saturated rings. The van der Waals surface area contributed by atoms with E-state index >= 15 is 0 Å². The van der Waals surface area contributed by atoms with Crippen LogP contribution in [0.25, 0.3) is 11.1 Å². The minimum atomic E-state index is -1.16. The van der Waals surface area contributed by atoms with Gasteiger partial charge in [-0.15, -0.1) is 0 Å². The van der Waals surface area contributed by atoms with Gasteiger partial charge in [0, 0.05) is 12.6 Å². The van der Waals surface area contributed by atoms with Crippen LogP contribution in [0.4, 0.5) is 5.69 Å². The molecule has 0 aliphatic carbocycles. The van der Waals surface area contributed by atoms with E-state index in [2.05, 4.69) is 10.6 Å². The summed E-state index contributed by atoms with van der Waals surface area (Å²) in [5, 5.41) is 14.7. The molecule has 0 saturated carbocycles. The van der Waals surface area contributed by atoms with E-state index in [-0.39, 0.29) is 24.3 Å². The van der Waals surface area contributed by atoms with Crippen LogP contribution in [0.5, 0.6) is 0 Å². The van der Waals surface area contributed by atoms with Crippen molar-refractivity contribution in [3.05, 3.63) is 126 Å². The molecule has 1 saturated heterocycles. The summed E-state index contributed by atoms with van der Waals surface area (Å²) in [5.41, 5.74) is 3.95. The average molecular weight is 475 g/mol. The number of rotatable bonds is 6. The second-order valence-electron chi connectivity index (χ2n) is 8.81. The van der Waals surface area contributed by atoms with Crippen LogP contribution in [0.1, 0.15) is 23.6 Å². The minimum Gasteiger partial charge on any atom is -0.334 e. The summed E-state index contributed by atoms with van der Waals surface area (Å²) in [6.07, 6.45) is 0. The van der Waals surface area contributed by atoms with Gasteiger partial charge >= 0.3 is 0 Å². The van der Waals surface area contributed by atoms with Crippen molar-refractivity contribution in [2.24, 2.45) is 0 Å². The smallest absolute Gasteiger partial charge is 0.264 e. The van der Waals surface area contributed by atoms with Crippen molar-refractivity contribution in [2.45, 2.75) is 19.0 Å². The first kappa shape index (κ1) is 23.1. The van der Waals surface area contributed by atoms with Crippen molar-refractivity contribution in [1.29, 1.82) is 5.41 Å². The maximum absolute atomic E-state index is 14.0. The van der Waals surface area contributed by atoms with Crippen LogP contribution in [-0.4, -0.2) is 22.7 Å². The summed E-state index contributed by atoms with van der Waals surface area (Å²) >= 11 is 0. The van der Waals surface area contributed by atoms with Gasteiger partial charge in [-0.2, -0.15) is 0 Å². The number of guanidine groups is 1. The van der Waals surface area contributed by atoms with Gasteiger partial charge in [-0.05, 0) is 46.0 Å². The van der Waals surface area contributed by atoms with Gasteiger partial charge in [-0.1, -0.05) is 91.0 Å². The first-order valence-corrected chi connectivity index (χ1v) is 11.7. The monoisotopic (exact) mass is 474 g/mol. The van der Waals surface area contributed by atoms with Gasteiger partial charge < -0.3 is 10.6 Å². The quantitative estimate of drug-likeness (QED) is 0.363. The number of anilines is 1. The normalized spacial score (nSPS) is 14.4. The highest BCUT2D eigenvalue weighted by Crippen LogP contribution is 2.36. The van der Waals surface area contributed by atoms with Crippen molar-refractivity contribution in [2.75, 3.05) is 5.32 Å². The largest absolute Gasteiger partial charge is 0.334 e. The van der Waals surface area contributed by atoms with Crippen LogP contribution >= 0.6 is 0 Å². The lowest BCUT2D eigenvalue weighted by Crippen LogP contribution is -2.45. The zero-order valence-electron chi connectivity index (χ0n) is 19.9. The molecule has 0 aromatic heterocycles. The van der Waals surface area contributed by atoms with Crippen LogP contribution in [0.15, 0.2) is 109 Å². The highest BCUT2D eigenvalue weighted by atomic mass is 16.2. The molecule has 2 amide bonds. The van der Waals surface area contributed by atoms with Gasteiger partial charge in [0.05, 0.1) is 6.54 Å². The van der Waals surface area contributed by atoms with Crippen LogP contribution in [-0.2, 0) is 21.7 Å². The summed E-state index contributed by atoms with van der Waals surface area (Å²) in [4.78, 5) is 27.0. The third-order valence-corrected chi connectivity index (χ3v) is 6.34. The number of hydrogen-bond acceptors (Lipinski definition) is 3. The summed E-state index contributed by atoms with van der Waals surface area (Å²) in [7, 11) is 0. The SMILES string of the molecule is CC(=O)Nc1cccc(-c2cccc(CN3C(=N)NC(c4ccccc4)(c4ccccc4)C3=O)c2)c1. The molecule has 1 heterocycles. The molecular formula is C30H26N4O2. The molecule has 0 atom stereocenters. The van der Waals surface area contributed by atoms with E-state index in [1.54, 1.807) is 0 Å². The van der Waals surface area contributed by atoms with E-state index in [9.17, 15) is 9.59 Å². The Balaban J connectivity index is 1.47. The van der Waals surface area contributed by atoms with Gasteiger partial charge in [0.1, 0.15) is 0 Å². The second kappa shape index (κ2) is 9.50. The van der Waals surface area contributed by atoms with E-state index < -0.39 is 5.54 Å². The molecule has 178 valence electrons. The van der Waals surface area contributed by atoms with Crippen molar-refractivity contribution >= 4 is 23.5 Å². The van der Waals surface area contributed by atoms with Crippen LogP contribution in [0.2, 0.25) is 0 Å². The van der Waals surface area contributed by atoms with Gasteiger partial charge in [0.25, 0.3) is 5.91 Å². The lowest BCUT2D eigenvalue weighted by molar-refractivity contribution is -0.130. The van der Waals surface area contributed by atoms with Crippen molar-refractivity contribution in [3.8, 4) is 11.1 Å². The minimum absolute atomic E-state index is 0.0609. The lowest BCUT2D eigenvalue weighted by atomic mass is 9.82. The highest BCUT2D eigenvalue weighted by Gasteiger charge is 2.52. The Bertz CT molecular complexity index is 1390. The molecule has 6 heteroatoms. The topological polar surface area (TPSA) is 85.3 Å². The van der Waals surface area contributed by atoms with Crippen LogP contribution < -0.4 is 10.6 Å². The first-order chi connectivity index (χ1) is 17.5. The number of hydrogen-bond donors (Lipinski definition) is 3. The molecule has 4 aromatic carbocycles. The number of carbonyl (C=O) groups is 2. The van der Waals surface area contributed by atoms with Gasteiger partial charge in [0.15, 0.2) is 11.5 Å². The van der Waals surface area contributed by atoms with E-state index in [1.807, 2.05) is 109 Å². The summed E-state index contributed by atoms with van der Waals surface area (Å²) in [6, 6.07) is 34.6. The molecule has 1 aliphatic heterocycles. The molecule has 36 heavy (non-hydrogen) atoms. The Morgan fingerprint density at radius 3 is 2.03 bits per heavy atom. The Morgan fingerprint density at radius 1 is 0.833 bits per heavy atom. The molecule has 3 N–H and O–H groups in total. The average Bonchev–Trinajstić information content (AvgIpc) is 3.15. The van der Waals surface area contributed by atoms with E-state index in [1.165, 1.54) is 11.8 Å². The Labute approximate surface area is 210 Å². The fraction of sp³-hybridized carbons (Fsp3) is 0.100. The van der Waals surface area contributed by atoms with Gasteiger partial charge in [-0.25, -0.2) is 0 Å². The first-order valence-electron chi connectivity index (χ1n) is 11.7. The van der Waals surface area contributed by atoms with E-state index in [0.717, 1.165) is 33.5 Å². The number of amides is 2. The molecular weight excluding hydrogens is 448 g/mol. The molecule has 0 spiro atoms. The zero-order valence-corrected chi connectivity index (χ0v) is 19.9. The summed E-state index contributed by atoms with van der Waals surface area (Å²) in [5.74, 6) is -0.256. The Morgan fingerprint density at radius 2 is 1.42 bits per heavy atom. The molecule has 6 nitrogen and oxygen atoms in total. The van der Waals surface area contributed by atoms with Crippen molar-refractivity contribution in [3.63, 3.8) is 0 Å². The summed E-state index contributed by atoms with van der Waals surface area (Å²) in [6.45, 7) is 1.74.